The zero-order valence-corrected chi connectivity index (χ0v) is 8.54. The summed E-state index contributed by atoms with van der Waals surface area (Å²) in [6.45, 7) is 3.29. The number of rotatable bonds is 0. The Morgan fingerprint density at radius 3 is 2.77 bits per heavy atom. The van der Waals surface area contributed by atoms with Crippen LogP contribution < -0.4 is 5.01 Å². The van der Waals surface area contributed by atoms with Crippen LogP contribution in [0.25, 0.3) is 0 Å². The second-order valence-electron chi connectivity index (χ2n) is 3.74. The van der Waals surface area contributed by atoms with E-state index in [2.05, 4.69) is 49.2 Å². The molecule has 70 valence electrons. The van der Waals surface area contributed by atoms with E-state index in [4.69, 9.17) is 0 Å². The van der Waals surface area contributed by atoms with Gasteiger partial charge in [0.15, 0.2) is 0 Å². The zero-order chi connectivity index (χ0) is 9.42. The van der Waals surface area contributed by atoms with Crippen molar-refractivity contribution in [3.8, 4) is 0 Å². The first-order valence-electron chi connectivity index (χ1n) is 4.73. The molecule has 2 rings (SSSR count). The molecule has 1 aromatic carbocycles. The summed E-state index contributed by atoms with van der Waals surface area (Å²) in [4.78, 5) is 0. The first kappa shape index (κ1) is 8.57. The Kier molecular flexibility index (Phi) is 2.00. The van der Waals surface area contributed by atoms with Crippen LogP contribution >= 0.6 is 0 Å². The molecule has 0 spiro atoms. The highest BCUT2D eigenvalue weighted by atomic mass is 15.6. The number of hydrogen-bond acceptors (Lipinski definition) is 2. The molecule has 0 aromatic heterocycles. The molecule has 0 aliphatic carbocycles. The molecule has 1 aliphatic rings. The average Bonchev–Trinajstić information content (AvgIpc) is 2.12. The highest BCUT2D eigenvalue weighted by Crippen LogP contribution is 2.28. The van der Waals surface area contributed by atoms with Gasteiger partial charge in [-0.15, -0.1) is 0 Å². The predicted octanol–water partition coefficient (Wildman–Crippen LogP) is 1.83. The number of hydrogen-bond donors (Lipinski definition) is 0. The first-order valence-corrected chi connectivity index (χ1v) is 4.73. The summed E-state index contributed by atoms with van der Waals surface area (Å²) in [6.07, 6.45) is 1.16. The van der Waals surface area contributed by atoms with E-state index in [1.165, 1.54) is 16.8 Å². The van der Waals surface area contributed by atoms with Crippen molar-refractivity contribution in [1.82, 2.24) is 5.01 Å². The maximum Gasteiger partial charge on any atom is 0.0580 e. The second kappa shape index (κ2) is 3.04. The molecule has 0 atom stereocenters. The molecule has 0 bridgehead atoms. The highest BCUT2D eigenvalue weighted by Gasteiger charge is 2.18. The van der Waals surface area contributed by atoms with E-state index in [1.54, 1.807) is 0 Å². The van der Waals surface area contributed by atoms with Gasteiger partial charge in [-0.1, -0.05) is 18.2 Å². The van der Waals surface area contributed by atoms with Crippen molar-refractivity contribution in [1.29, 1.82) is 0 Å². The SMILES string of the molecule is Cc1cccc2c1N(C)N(C)CC2. The Hall–Kier alpha value is -1.02. The van der Waals surface area contributed by atoms with E-state index in [0.29, 0.717) is 0 Å². The summed E-state index contributed by atoms with van der Waals surface area (Å²) < 4.78 is 0. The van der Waals surface area contributed by atoms with Crippen LogP contribution in [0.15, 0.2) is 18.2 Å². The maximum absolute atomic E-state index is 2.26. The van der Waals surface area contributed by atoms with Gasteiger partial charge in [0.25, 0.3) is 0 Å². The molecule has 0 radical (unpaired) electrons. The molecular weight excluding hydrogens is 160 g/mol. The molecule has 1 aromatic rings. The van der Waals surface area contributed by atoms with Gasteiger partial charge >= 0.3 is 0 Å². The molecule has 0 unspecified atom stereocenters. The Morgan fingerprint density at radius 2 is 2.00 bits per heavy atom. The molecule has 0 N–H and O–H groups in total. The standard InChI is InChI=1S/C11H16N2/c1-9-5-4-6-10-7-8-12(2)13(3)11(9)10/h4-6H,7-8H2,1-3H3. The van der Waals surface area contributed by atoms with E-state index in [9.17, 15) is 0 Å². The normalized spacial score (nSPS) is 17.3. The van der Waals surface area contributed by atoms with Crippen LogP contribution in [-0.2, 0) is 6.42 Å². The van der Waals surface area contributed by atoms with Crippen LogP contribution in [0.5, 0.6) is 0 Å². The Bertz CT molecular complexity index is 320. The van der Waals surface area contributed by atoms with Crippen LogP contribution in [0, 0.1) is 6.92 Å². The van der Waals surface area contributed by atoms with E-state index >= 15 is 0 Å². The third-order valence-electron chi connectivity index (χ3n) is 2.86. The average molecular weight is 176 g/mol. The Labute approximate surface area is 79.7 Å². The fraction of sp³-hybridized carbons (Fsp3) is 0.455. The van der Waals surface area contributed by atoms with Gasteiger partial charge in [0, 0.05) is 20.6 Å². The minimum atomic E-state index is 1.12. The van der Waals surface area contributed by atoms with Crippen molar-refractivity contribution in [3.05, 3.63) is 29.3 Å². The lowest BCUT2D eigenvalue weighted by molar-refractivity contribution is 0.313. The lowest BCUT2D eigenvalue weighted by Gasteiger charge is -2.37. The minimum absolute atomic E-state index is 1.12. The van der Waals surface area contributed by atoms with Crippen molar-refractivity contribution in [2.75, 3.05) is 25.6 Å². The number of hydrazine groups is 1. The third kappa shape index (κ3) is 1.31. The van der Waals surface area contributed by atoms with Crippen molar-refractivity contribution in [2.45, 2.75) is 13.3 Å². The van der Waals surface area contributed by atoms with Gasteiger partial charge in [-0.2, -0.15) is 0 Å². The lowest BCUT2D eigenvalue weighted by atomic mass is 10.0. The number of likely N-dealkylation sites (N-methyl/N-ethyl adjacent to an activating group) is 1. The van der Waals surface area contributed by atoms with Crippen LogP contribution in [-0.4, -0.2) is 25.6 Å². The fourth-order valence-electron chi connectivity index (χ4n) is 1.99. The molecule has 0 fully saturated rings. The molecule has 2 heteroatoms. The smallest absolute Gasteiger partial charge is 0.0580 e. The highest BCUT2D eigenvalue weighted by molar-refractivity contribution is 5.59. The van der Waals surface area contributed by atoms with Crippen molar-refractivity contribution in [3.63, 3.8) is 0 Å². The monoisotopic (exact) mass is 176 g/mol. The molecule has 0 saturated carbocycles. The van der Waals surface area contributed by atoms with Crippen molar-refractivity contribution >= 4 is 5.69 Å². The van der Waals surface area contributed by atoms with Gasteiger partial charge in [-0.3, -0.25) is 0 Å². The maximum atomic E-state index is 2.26. The van der Waals surface area contributed by atoms with Crippen molar-refractivity contribution in [2.24, 2.45) is 0 Å². The minimum Gasteiger partial charge on any atom is -0.309 e. The van der Waals surface area contributed by atoms with Gasteiger partial charge in [0.1, 0.15) is 0 Å². The van der Waals surface area contributed by atoms with Crippen LogP contribution in [0.4, 0.5) is 5.69 Å². The molecule has 1 aliphatic heterocycles. The van der Waals surface area contributed by atoms with Gasteiger partial charge in [-0.05, 0) is 24.5 Å². The fourth-order valence-corrected chi connectivity index (χ4v) is 1.99. The molecular formula is C11H16N2. The zero-order valence-electron chi connectivity index (χ0n) is 8.54. The van der Waals surface area contributed by atoms with E-state index < -0.39 is 0 Å². The third-order valence-corrected chi connectivity index (χ3v) is 2.86. The summed E-state index contributed by atoms with van der Waals surface area (Å²) in [5, 5.41) is 4.50. The number of aryl methyl sites for hydroxylation is 1. The Morgan fingerprint density at radius 1 is 1.23 bits per heavy atom. The van der Waals surface area contributed by atoms with Gasteiger partial charge in [0.2, 0.25) is 0 Å². The Balaban J connectivity index is 2.51. The summed E-state index contributed by atoms with van der Waals surface area (Å²) in [5.41, 5.74) is 4.23. The summed E-state index contributed by atoms with van der Waals surface area (Å²) in [5.74, 6) is 0. The number of anilines is 1. The molecule has 1 heterocycles. The summed E-state index contributed by atoms with van der Waals surface area (Å²) in [6, 6.07) is 6.55. The number of fused-ring (bicyclic) bond motifs is 1. The van der Waals surface area contributed by atoms with E-state index in [1.807, 2.05) is 0 Å². The predicted molar refractivity (Wildman–Crippen MR) is 55.9 cm³/mol. The van der Waals surface area contributed by atoms with Crippen molar-refractivity contribution < 1.29 is 0 Å². The topological polar surface area (TPSA) is 6.48 Å². The number of nitrogens with zero attached hydrogens (tertiary/aromatic N) is 2. The van der Waals surface area contributed by atoms with E-state index in [-0.39, 0.29) is 0 Å². The van der Waals surface area contributed by atoms with Crippen LogP contribution in [0.3, 0.4) is 0 Å². The largest absolute Gasteiger partial charge is 0.309 e. The first-order chi connectivity index (χ1) is 6.20. The summed E-state index contributed by atoms with van der Waals surface area (Å²) >= 11 is 0. The van der Waals surface area contributed by atoms with Crippen LogP contribution in [0.1, 0.15) is 11.1 Å². The number of para-hydroxylation sites is 1. The molecule has 0 amide bonds. The van der Waals surface area contributed by atoms with Gasteiger partial charge < -0.3 is 5.01 Å². The molecule has 13 heavy (non-hydrogen) atoms. The van der Waals surface area contributed by atoms with E-state index in [0.717, 1.165) is 13.0 Å². The second-order valence-corrected chi connectivity index (χ2v) is 3.74. The lowest BCUT2D eigenvalue weighted by Crippen LogP contribution is -2.42. The molecule has 2 nitrogen and oxygen atoms in total. The summed E-state index contributed by atoms with van der Waals surface area (Å²) in [7, 11) is 4.26. The van der Waals surface area contributed by atoms with Gasteiger partial charge in [0.05, 0.1) is 5.69 Å². The van der Waals surface area contributed by atoms with Gasteiger partial charge in [-0.25, -0.2) is 5.01 Å². The van der Waals surface area contributed by atoms with Crippen LogP contribution in [0.2, 0.25) is 0 Å². The number of benzene rings is 1. The quantitative estimate of drug-likeness (QED) is 0.595. The molecule has 0 saturated heterocycles.